The zero-order valence-electron chi connectivity index (χ0n) is 9.07. The van der Waals surface area contributed by atoms with Crippen LogP contribution in [0, 0.1) is 10.1 Å². The quantitative estimate of drug-likeness (QED) is 0.592. The van der Waals surface area contributed by atoms with E-state index in [1.807, 2.05) is 0 Å². The van der Waals surface area contributed by atoms with E-state index < -0.39 is 10.9 Å². The highest BCUT2D eigenvalue weighted by Gasteiger charge is 2.07. The minimum Gasteiger partial charge on any atom is -0.545 e. The molecule has 0 N–H and O–H groups in total. The number of carboxylic acids is 1. The Labute approximate surface area is 102 Å². The van der Waals surface area contributed by atoms with Gasteiger partial charge in [-0.25, -0.2) is 0 Å². The lowest BCUT2D eigenvalue weighted by Gasteiger charge is -2.04. The molecule has 0 bridgehead atoms. The van der Waals surface area contributed by atoms with Crippen molar-refractivity contribution in [2.24, 2.45) is 0 Å². The lowest BCUT2D eigenvalue weighted by Crippen LogP contribution is -2.22. The number of pyridine rings is 1. The van der Waals surface area contributed by atoms with Gasteiger partial charge in [0.2, 0.25) is 0 Å². The van der Waals surface area contributed by atoms with Gasteiger partial charge in [-0.05, 0) is 12.1 Å². The Hall–Kier alpha value is -2.76. The van der Waals surface area contributed by atoms with Crippen molar-refractivity contribution in [3.63, 3.8) is 0 Å². The Balaban J connectivity index is 2.39. The Morgan fingerprint density at radius 1 is 1.22 bits per heavy atom. The van der Waals surface area contributed by atoms with Gasteiger partial charge in [-0.3, -0.25) is 15.1 Å². The van der Waals surface area contributed by atoms with Gasteiger partial charge in [-0.1, -0.05) is 12.1 Å². The van der Waals surface area contributed by atoms with Crippen LogP contribution in [-0.2, 0) is 0 Å². The zero-order chi connectivity index (χ0) is 13.1. The molecule has 0 amide bonds. The van der Waals surface area contributed by atoms with E-state index in [0.717, 1.165) is 6.20 Å². The van der Waals surface area contributed by atoms with Crippen molar-refractivity contribution in [3.8, 4) is 11.3 Å². The van der Waals surface area contributed by atoms with Crippen LogP contribution in [0.4, 0.5) is 5.69 Å². The fourth-order valence-electron chi connectivity index (χ4n) is 1.46. The molecule has 0 atom stereocenters. The van der Waals surface area contributed by atoms with Crippen LogP contribution in [0.25, 0.3) is 11.3 Å². The summed E-state index contributed by atoms with van der Waals surface area (Å²) < 4.78 is 0. The summed E-state index contributed by atoms with van der Waals surface area (Å²) >= 11 is 0. The number of aromatic nitrogens is 1. The number of carbonyl (C=O) groups excluding carboxylic acids is 1. The molecule has 0 aliphatic heterocycles. The normalized spacial score (nSPS) is 10.0. The molecule has 2 rings (SSSR count). The minimum atomic E-state index is -1.31. The van der Waals surface area contributed by atoms with Gasteiger partial charge in [0.1, 0.15) is 0 Å². The summed E-state index contributed by atoms with van der Waals surface area (Å²) in [4.78, 5) is 24.6. The van der Waals surface area contributed by atoms with Crippen LogP contribution < -0.4 is 5.11 Å². The van der Waals surface area contributed by atoms with Crippen molar-refractivity contribution in [1.82, 2.24) is 4.98 Å². The second-order valence-electron chi connectivity index (χ2n) is 3.53. The van der Waals surface area contributed by atoms with E-state index in [1.54, 1.807) is 12.1 Å². The first kappa shape index (κ1) is 11.7. The van der Waals surface area contributed by atoms with Crippen molar-refractivity contribution in [3.05, 3.63) is 58.3 Å². The number of aromatic carboxylic acids is 1. The summed E-state index contributed by atoms with van der Waals surface area (Å²) in [6.07, 6.45) is 1.16. The van der Waals surface area contributed by atoms with E-state index in [9.17, 15) is 20.0 Å². The van der Waals surface area contributed by atoms with Crippen LogP contribution in [-0.4, -0.2) is 15.9 Å². The maximum atomic E-state index is 10.6. The second kappa shape index (κ2) is 4.62. The highest BCUT2D eigenvalue weighted by molar-refractivity contribution is 5.85. The van der Waals surface area contributed by atoms with Crippen molar-refractivity contribution in [2.45, 2.75) is 0 Å². The van der Waals surface area contributed by atoms with Gasteiger partial charge in [0.15, 0.2) is 0 Å². The summed E-state index contributed by atoms with van der Waals surface area (Å²) in [5, 5.41) is 21.2. The minimum absolute atomic E-state index is 0.0378. The summed E-state index contributed by atoms with van der Waals surface area (Å²) in [6, 6.07) is 8.77. The smallest absolute Gasteiger partial charge is 0.270 e. The SMILES string of the molecule is O=C([O-])c1ccc(-c2cccc([N+](=O)[O-])c2)nc1. The summed E-state index contributed by atoms with van der Waals surface area (Å²) in [5.74, 6) is -1.31. The van der Waals surface area contributed by atoms with Crippen molar-refractivity contribution in [2.75, 3.05) is 0 Å². The molecule has 1 heterocycles. The number of non-ortho nitro benzene ring substituents is 1. The molecule has 0 saturated carbocycles. The molecular weight excluding hydrogens is 236 g/mol. The number of hydrogen-bond acceptors (Lipinski definition) is 5. The second-order valence-corrected chi connectivity index (χ2v) is 3.53. The summed E-state index contributed by atoms with van der Waals surface area (Å²) in [5.41, 5.74) is 0.931. The molecule has 0 aliphatic rings. The number of hydrogen-bond donors (Lipinski definition) is 0. The number of benzene rings is 1. The lowest BCUT2D eigenvalue weighted by molar-refractivity contribution is -0.384. The van der Waals surface area contributed by atoms with Crippen LogP contribution in [0.15, 0.2) is 42.6 Å². The molecule has 0 saturated heterocycles. The third kappa shape index (κ3) is 2.32. The van der Waals surface area contributed by atoms with Gasteiger partial charge in [0, 0.05) is 29.5 Å². The molecule has 90 valence electrons. The molecule has 18 heavy (non-hydrogen) atoms. The van der Waals surface area contributed by atoms with Gasteiger partial charge < -0.3 is 9.90 Å². The van der Waals surface area contributed by atoms with Crippen LogP contribution in [0.1, 0.15) is 10.4 Å². The fourth-order valence-corrected chi connectivity index (χ4v) is 1.46. The zero-order valence-corrected chi connectivity index (χ0v) is 9.07. The largest absolute Gasteiger partial charge is 0.545 e. The molecule has 1 aromatic carbocycles. The molecule has 1 aromatic heterocycles. The van der Waals surface area contributed by atoms with Gasteiger partial charge >= 0.3 is 0 Å². The molecule has 6 heteroatoms. The first-order chi connectivity index (χ1) is 8.58. The molecule has 6 nitrogen and oxygen atoms in total. The molecule has 0 fully saturated rings. The van der Waals surface area contributed by atoms with Crippen LogP contribution in [0.5, 0.6) is 0 Å². The number of carboxylic acid groups (broad SMARTS) is 1. The molecule has 0 spiro atoms. The Kier molecular flexibility index (Phi) is 3.01. The van der Waals surface area contributed by atoms with Crippen molar-refractivity contribution >= 4 is 11.7 Å². The average Bonchev–Trinajstić information content (AvgIpc) is 2.39. The predicted octanol–water partition coefficient (Wildman–Crippen LogP) is 1.02. The van der Waals surface area contributed by atoms with Crippen LogP contribution in [0.3, 0.4) is 0 Å². The van der Waals surface area contributed by atoms with Crippen molar-refractivity contribution in [1.29, 1.82) is 0 Å². The highest BCUT2D eigenvalue weighted by atomic mass is 16.6. The van der Waals surface area contributed by atoms with Crippen LogP contribution in [0.2, 0.25) is 0 Å². The van der Waals surface area contributed by atoms with Crippen molar-refractivity contribution < 1.29 is 14.8 Å². The van der Waals surface area contributed by atoms with Gasteiger partial charge in [-0.2, -0.15) is 0 Å². The summed E-state index contributed by atoms with van der Waals surface area (Å²) in [7, 11) is 0. The average molecular weight is 243 g/mol. The Morgan fingerprint density at radius 2 is 2.00 bits per heavy atom. The highest BCUT2D eigenvalue weighted by Crippen LogP contribution is 2.22. The third-order valence-corrected chi connectivity index (χ3v) is 2.35. The Bertz CT molecular complexity index is 608. The molecule has 0 unspecified atom stereocenters. The number of rotatable bonds is 3. The summed E-state index contributed by atoms with van der Waals surface area (Å²) in [6.45, 7) is 0. The monoisotopic (exact) mass is 243 g/mol. The first-order valence-electron chi connectivity index (χ1n) is 5.00. The fraction of sp³-hybridized carbons (Fsp3) is 0. The van der Waals surface area contributed by atoms with E-state index in [4.69, 9.17) is 0 Å². The maximum Gasteiger partial charge on any atom is 0.270 e. The van der Waals surface area contributed by atoms with E-state index in [0.29, 0.717) is 11.3 Å². The van der Waals surface area contributed by atoms with Gasteiger partial charge in [0.25, 0.3) is 5.69 Å². The molecule has 0 aliphatic carbocycles. The first-order valence-corrected chi connectivity index (χ1v) is 5.00. The predicted molar refractivity (Wildman–Crippen MR) is 60.7 cm³/mol. The van der Waals surface area contributed by atoms with E-state index in [2.05, 4.69) is 4.98 Å². The number of carbonyl (C=O) groups is 1. The van der Waals surface area contributed by atoms with Gasteiger partial charge in [-0.15, -0.1) is 0 Å². The number of nitrogens with zero attached hydrogens (tertiary/aromatic N) is 2. The molecule has 0 radical (unpaired) electrons. The molecular formula is C12H7N2O4-. The maximum absolute atomic E-state index is 10.6. The Morgan fingerprint density at radius 3 is 2.56 bits per heavy atom. The lowest BCUT2D eigenvalue weighted by atomic mass is 10.1. The third-order valence-electron chi connectivity index (χ3n) is 2.35. The van der Waals surface area contributed by atoms with E-state index in [-0.39, 0.29) is 11.3 Å². The van der Waals surface area contributed by atoms with Crippen LogP contribution >= 0.6 is 0 Å². The number of nitro groups is 1. The van der Waals surface area contributed by atoms with E-state index in [1.165, 1.54) is 24.3 Å². The van der Waals surface area contributed by atoms with E-state index >= 15 is 0 Å². The number of nitro benzene ring substituents is 1. The molecule has 2 aromatic rings. The standard InChI is InChI=1S/C12H8N2O4/c15-12(16)9-4-5-11(13-7-9)8-2-1-3-10(6-8)14(17)18/h1-7H,(H,15,16)/p-1. The topological polar surface area (TPSA) is 96.2 Å². The van der Waals surface area contributed by atoms with Gasteiger partial charge in [0.05, 0.1) is 16.6 Å².